The van der Waals surface area contributed by atoms with Gasteiger partial charge < -0.3 is 0 Å². The minimum absolute atomic E-state index is 0.0465. The van der Waals surface area contributed by atoms with E-state index in [0.29, 0.717) is 0 Å². The van der Waals surface area contributed by atoms with Gasteiger partial charge in [-0.25, -0.2) is 87.8 Å². The van der Waals surface area contributed by atoms with Crippen molar-refractivity contribution in [3.63, 3.8) is 0 Å². The van der Waals surface area contributed by atoms with E-state index in [1.54, 1.807) is 4.73 Å². The molecule has 2 nitrogen and oxygen atoms in total. The fourth-order valence-electron chi connectivity index (χ4n) is 7.67. The average molecular weight is 939 g/mol. The monoisotopic (exact) mass is 939 g/mol. The van der Waals surface area contributed by atoms with E-state index in [4.69, 9.17) is 4.84 Å². The lowest BCUT2D eigenvalue weighted by molar-refractivity contribution is -0.899. The number of hydrogen-bond acceptors (Lipinski definition) is 1. The first kappa shape index (κ1) is 45.9. The number of rotatable bonds is 6. The first-order chi connectivity index (χ1) is 30.6. The molecule has 0 saturated heterocycles. The minimum atomic E-state index is -7.22. The second-order valence-electron chi connectivity index (χ2n) is 13.7. The fraction of sp³-hybridized carbons (Fsp3) is 0.0238. The molecule has 8 rings (SSSR count). The predicted molar refractivity (Wildman–Crippen MR) is 186 cm³/mol. The molecule has 1 aromatic heterocycles. The van der Waals surface area contributed by atoms with Gasteiger partial charge in [-0.2, -0.15) is 0 Å². The third-order valence-electron chi connectivity index (χ3n) is 10.4. The smallest absolute Gasteiger partial charge is 0.222 e. The summed E-state index contributed by atoms with van der Waals surface area (Å²) < 4.78 is 296. The molecule has 7 aromatic rings. The zero-order chi connectivity index (χ0) is 47.7. The van der Waals surface area contributed by atoms with E-state index in [1.807, 2.05) is 30.6 Å². The van der Waals surface area contributed by atoms with Crippen LogP contribution in [0.5, 0.6) is 0 Å². The molecular formula is C42H14BF20NO. The first-order valence-corrected chi connectivity index (χ1v) is 17.7. The molecule has 0 fully saturated rings. The van der Waals surface area contributed by atoms with Gasteiger partial charge in [-0.15, -0.1) is 21.9 Å². The average Bonchev–Trinajstić information content (AvgIpc) is 3.62. The Balaban J connectivity index is 0.000000258. The quantitative estimate of drug-likeness (QED) is 0.0534. The van der Waals surface area contributed by atoms with Crippen molar-refractivity contribution in [1.29, 1.82) is 0 Å². The maximum absolute atomic E-state index is 15.4. The van der Waals surface area contributed by atoms with E-state index in [-0.39, 0.29) is 6.10 Å². The summed E-state index contributed by atoms with van der Waals surface area (Å²) in [6.45, 7) is 0. The van der Waals surface area contributed by atoms with Gasteiger partial charge in [0.1, 0.15) is 52.7 Å². The van der Waals surface area contributed by atoms with Gasteiger partial charge in [-0.3, -0.25) is 4.84 Å². The molecule has 1 aliphatic carbocycles. The van der Waals surface area contributed by atoms with Crippen LogP contribution in [0.4, 0.5) is 87.8 Å². The molecule has 1 heterocycles. The standard InChI is InChI=1S/C24BF20.C18H14NO/c26-5-1(6(27)14(35)21(42)13(5)34)25(2-7(28)15(36)22(43)16(37)8(2)29,3-9(30)17(38)23(44)18(39)10(3)31)4-11(32)19(40)24(45)20(41)12(4)33;1-6-12-19(13-7-1)20-18-16-10-4-2-8-14(16)15-9-3-5-11-17(15)18/h;1-13,18H/q-1;+1. The Bertz CT molecular complexity index is 2670. The molecule has 6 aromatic carbocycles. The van der Waals surface area contributed by atoms with Crippen LogP contribution in [-0.4, -0.2) is 6.15 Å². The van der Waals surface area contributed by atoms with Crippen molar-refractivity contribution < 1.29 is 97.4 Å². The first-order valence-electron chi connectivity index (χ1n) is 17.7. The summed E-state index contributed by atoms with van der Waals surface area (Å²) in [5.74, 6) is -71.4. The number of nitrogens with zero attached hydrogens (tertiary/aromatic N) is 1. The van der Waals surface area contributed by atoms with Crippen molar-refractivity contribution >= 4 is 28.0 Å². The lowest BCUT2D eigenvalue weighted by Gasteiger charge is -2.44. The molecule has 65 heavy (non-hydrogen) atoms. The van der Waals surface area contributed by atoms with Crippen LogP contribution in [0.2, 0.25) is 0 Å². The number of aromatic nitrogens is 1. The molecule has 0 spiro atoms. The van der Waals surface area contributed by atoms with E-state index in [1.165, 1.54) is 22.3 Å². The van der Waals surface area contributed by atoms with Crippen molar-refractivity contribution in [2.45, 2.75) is 6.10 Å². The highest BCUT2D eigenvalue weighted by molar-refractivity contribution is 7.20. The largest absolute Gasteiger partial charge is 0.258 e. The number of halogens is 20. The Morgan fingerprint density at radius 1 is 0.292 bits per heavy atom. The second-order valence-corrected chi connectivity index (χ2v) is 13.7. The lowest BCUT2D eigenvalue weighted by Crippen LogP contribution is -2.81. The topological polar surface area (TPSA) is 13.1 Å². The van der Waals surface area contributed by atoms with E-state index in [0.717, 1.165) is 0 Å². The van der Waals surface area contributed by atoms with Crippen molar-refractivity contribution in [3.8, 4) is 11.1 Å². The van der Waals surface area contributed by atoms with Crippen molar-refractivity contribution in [2.24, 2.45) is 0 Å². The maximum atomic E-state index is 15.4. The van der Waals surface area contributed by atoms with Gasteiger partial charge in [-0.1, -0.05) is 54.6 Å². The van der Waals surface area contributed by atoms with Crippen LogP contribution in [0, 0.1) is 116 Å². The summed E-state index contributed by atoms with van der Waals surface area (Å²) in [4.78, 5) is 6.14. The summed E-state index contributed by atoms with van der Waals surface area (Å²) in [6, 6.07) is 22.8. The van der Waals surface area contributed by atoms with Crippen LogP contribution in [-0.2, 0) is 0 Å². The van der Waals surface area contributed by atoms with Crippen LogP contribution in [0.1, 0.15) is 17.2 Å². The Kier molecular flexibility index (Phi) is 11.9. The molecule has 0 aliphatic heterocycles. The molecule has 0 unspecified atom stereocenters. The van der Waals surface area contributed by atoms with Gasteiger partial charge in [-0.05, 0) is 11.1 Å². The Labute approximate surface area is 349 Å². The van der Waals surface area contributed by atoms with Gasteiger partial charge in [0, 0.05) is 28.0 Å². The van der Waals surface area contributed by atoms with Crippen LogP contribution < -0.4 is 31.4 Å². The highest BCUT2D eigenvalue weighted by Crippen LogP contribution is 2.43. The van der Waals surface area contributed by atoms with Crippen LogP contribution in [0.3, 0.4) is 0 Å². The molecule has 0 amide bonds. The van der Waals surface area contributed by atoms with E-state index >= 15 is 35.1 Å². The lowest BCUT2D eigenvalue weighted by atomic mass is 9.12. The van der Waals surface area contributed by atoms with Gasteiger partial charge in [0.15, 0.2) is 69.8 Å². The SMILES string of the molecule is Fc1c(F)c(F)c([B-](c2c(F)c(F)c(F)c(F)c2F)(c2c(F)c(F)c(F)c(F)c2F)c2c(F)c(F)c(F)c(F)c2F)c(F)c1F.c1cc[n+](OC2c3ccccc3-c3ccccc32)cc1. The minimum Gasteiger partial charge on any atom is -0.258 e. The zero-order valence-corrected chi connectivity index (χ0v) is 31.1. The van der Waals surface area contributed by atoms with Crippen LogP contribution in [0.15, 0.2) is 79.1 Å². The molecular weight excluding hydrogens is 925 g/mol. The number of fused-ring (bicyclic) bond motifs is 3. The summed E-state index contributed by atoms with van der Waals surface area (Å²) in [6.07, 6.45) is -3.42. The Morgan fingerprint density at radius 2 is 0.523 bits per heavy atom. The van der Waals surface area contributed by atoms with Crippen molar-refractivity contribution in [3.05, 3.63) is 207 Å². The molecule has 0 atom stereocenters. The van der Waals surface area contributed by atoms with Crippen molar-refractivity contribution in [1.82, 2.24) is 0 Å². The summed E-state index contributed by atoms with van der Waals surface area (Å²) in [5, 5.41) is 0. The molecule has 0 radical (unpaired) electrons. The molecule has 0 saturated carbocycles. The van der Waals surface area contributed by atoms with Crippen LogP contribution in [0.25, 0.3) is 11.1 Å². The maximum Gasteiger partial charge on any atom is 0.222 e. The molecule has 336 valence electrons. The summed E-state index contributed by atoms with van der Waals surface area (Å²) in [5.41, 5.74) is -9.34. The fourth-order valence-corrected chi connectivity index (χ4v) is 7.67. The third kappa shape index (κ3) is 6.80. The predicted octanol–water partition coefficient (Wildman–Crippen LogP) is 9.02. The summed E-state index contributed by atoms with van der Waals surface area (Å²) in [7, 11) is 0. The summed E-state index contributed by atoms with van der Waals surface area (Å²) >= 11 is 0. The molecule has 0 N–H and O–H groups in total. The van der Waals surface area contributed by atoms with Crippen LogP contribution >= 0.6 is 0 Å². The number of pyridine rings is 1. The zero-order valence-electron chi connectivity index (χ0n) is 31.1. The van der Waals surface area contributed by atoms with E-state index < -0.39 is 144 Å². The molecule has 1 aliphatic rings. The van der Waals surface area contributed by atoms with Gasteiger partial charge >= 0.3 is 0 Å². The van der Waals surface area contributed by atoms with E-state index in [9.17, 15) is 52.7 Å². The van der Waals surface area contributed by atoms with Gasteiger partial charge in [0.05, 0.1) is 0 Å². The highest BCUT2D eigenvalue weighted by Gasteiger charge is 2.52. The van der Waals surface area contributed by atoms with E-state index in [2.05, 4.69) is 48.5 Å². The Hall–Kier alpha value is -7.07. The molecule has 23 heteroatoms. The second kappa shape index (κ2) is 16.8. The Morgan fingerprint density at radius 3 is 0.785 bits per heavy atom. The normalized spacial score (nSPS) is 12.2. The highest BCUT2D eigenvalue weighted by atomic mass is 19.2. The van der Waals surface area contributed by atoms with Gasteiger partial charge in [0.25, 0.3) is 0 Å². The van der Waals surface area contributed by atoms with Gasteiger partial charge in [0.2, 0.25) is 18.5 Å². The number of benzene rings is 6. The molecule has 0 bridgehead atoms. The number of hydrogen-bond donors (Lipinski definition) is 0. The third-order valence-corrected chi connectivity index (χ3v) is 10.4. The van der Waals surface area contributed by atoms with Crippen molar-refractivity contribution in [2.75, 3.05) is 0 Å².